The molecule has 1 unspecified atom stereocenters. The molecule has 0 aliphatic rings. The summed E-state index contributed by atoms with van der Waals surface area (Å²) in [6.07, 6.45) is 0.865. The van der Waals surface area contributed by atoms with Gasteiger partial charge in [0.05, 0.1) is 19.8 Å². The van der Waals surface area contributed by atoms with Crippen LogP contribution in [0.1, 0.15) is 56.0 Å². The van der Waals surface area contributed by atoms with Crippen LogP contribution in [0.15, 0.2) is 42.5 Å². The molecule has 152 valence electrons. The van der Waals surface area contributed by atoms with E-state index >= 15 is 0 Å². The highest BCUT2D eigenvalue weighted by Gasteiger charge is 2.18. The average Bonchev–Trinajstić information content (AvgIpc) is 2.71. The zero-order valence-corrected chi connectivity index (χ0v) is 17.3. The molecule has 0 heterocycles. The summed E-state index contributed by atoms with van der Waals surface area (Å²) in [5.74, 6) is 1.82. The topological polar surface area (TPSA) is 56.8 Å². The number of rotatable bonds is 11. The quantitative estimate of drug-likeness (QED) is 0.603. The molecule has 1 N–H and O–H groups in total. The molecule has 2 aromatic rings. The largest absolute Gasteiger partial charge is 0.490 e. The van der Waals surface area contributed by atoms with Crippen LogP contribution in [0.25, 0.3) is 0 Å². The lowest BCUT2D eigenvalue weighted by atomic mass is 9.98. The lowest BCUT2D eigenvalue weighted by Gasteiger charge is -2.17. The maximum absolute atomic E-state index is 12.7. The van der Waals surface area contributed by atoms with E-state index in [4.69, 9.17) is 14.2 Å². The van der Waals surface area contributed by atoms with Gasteiger partial charge in [0.1, 0.15) is 0 Å². The molecular formula is C23H31NO4. The molecule has 28 heavy (non-hydrogen) atoms. The Balaban J connectivity index is 2.08. The van der Waals surface area contributed by atoms with Gasteiger partial charge in [0.25, 0.3) is 5.91 Å². The Bertz CT molecular complexity index is 719. The van der Waals surface area contributed by atoms with E-state index in [0.29, 0.717) is 55.1 Å². The lowest BCUT2D eigenvalue weighted by Crippen LogP contribution is -2.25. The summed E-state index contributed by atoms with van der Waals surface area (Å²) in [6.45, 7) is 9.90. The Morgan fingerprint density at radius 3 is 2.04 bits per heavy atom. The van der Waals surface area contributed by atoms with Crippen LogP contribution >= 0.6 is 0 Å². The summed E-state index contributed by atoms with van der Waals surface area (Å²) >= 11 is 0. The highest BCUT2D eigenvalue weighted by atomic mass is 16.5. The third-order valence-electron chi connectivity index (χ3n) is 4.40. The second-order valence-electron chi connectivity index (χ2n) is 6.46. The molecule has 0 fully saturated rings. The molecule has 0 saturated carbocycles. The van der Waals surface area contributed by atoms with Gasteiger partial charge in [-0.3, -0.25) is 4.79 Å². The van der Waals surface area contributed by atoms with Crippen LogP contribution in [0.4, 0.5) is 0 Å². The zero-order valence-electron chi connectivity index (χ0n) is 17.3. The van der Waals surface area contributed by atoms with Crippen molar-refractivity contribution >= 4 is 5.91 Å². The third kappa shape index (κ3) is 5.91. The Morgan fingerprint density at radius 1 is 0.929 bits per heavy atom. The average molecular weight is 386 g/mol. The maximum Gasteiger partial charge on any atom is 0.251 e. The summed E-state index contributed by atoms with van der Waals surface area (Å²) in [5.41, 5.74) is 1.78. The van der Waals surface area contributed by atoms with Gasteiger partial charge in [-0.05, 0) is 50.8 Å². The summed E-state index contributed by atoms with van der Waals surface area (Å²) in [4.78, 5) is 12.7. The van der Waals surface area contributed by atoms with Crippen LogP contribution in [-0.2, 0) is 0 Å². The fourth-order valence-electron chi connectivity index (χ4n) is 2.97. The summed E-state index contributed by atoms with van der Waals surface area (Å²) in [6, 6.07) is 13.7. The first-order valence-corrected chi connectivity index (χ1v) is 10.00. The Hall–Kier alpha value is -2.69. The first kappa shape index (κ1) is 21.6. The van der Waals surface area contributed by atoms with Gasteiger partial charge in [0.15, 0.2) is 11.5 Å². The fraction of sp³-hybridized carbons (Fsp3) is 0.435. The van der Waals surface area contributed by atoms with Crippen LogP contribution in [-0.4, -0.2) is 32.3 Å². The van der Waals surface area contributed by atoms with Gasteiger partial charge in [-0.25, -0.2) is 0 Å². The predicted molar refractivity (Wildman–Crippen MR) is 112 cm³/mol. The van der Waals surface area contributed by atoms with Crippen molar-refractivity contribution < 1.29 is 19.0 Å². The van der Waals surface area contributed by atoms with E-state index < -0.39 is 0 Å². The number of hydrogen-bond acceptors (Lipinski definition) is 4. The molecule has 2 aromatic carbocycles. The van der Waals surface area contributed by atoms with Crippen molar-refractivity contribution in [1.82, 2.24) is 5.32 Å². The number of carbonyl (C=O) groups is 1. The number of ether oxygens (including phenoxy) is 3. The van der Waals surface area contributed by atoms with Crippen molar-refractivity contribution in [1.29, 1.82) is 0 Å². The van der Waals surface area contributed by atoms with Crippen molar-refractivity contribution in [2.45, 2.75) is 40.0 Å². The second kappa shape index (κ2) is 11.2. The number of amides is 1. The highest BCUT2D eigenvalue weighted by Crippen LogP contribution is 2.39. The van der Waals surface area contributed by atoms with Crippen molar-refractivity contribution in [2.75, 3.05) is 26.4 Å². The highest BCUT2D eigenvalue weighted by molar-refractivity contribution is 5.95. The Kier molecular flexibility index (Phi) is 8.66. The van der Waals surface area contributed by atoms with Gasteiger partial charge in [-0.2, -0.15) is 0 Å². The second-order valence-corrected chi connectivity index (χ2v) is 6.46. The standard InChI is InChI=1S/C23H31NO4/c1-5-26-20-15-19(16-21(27-6-2)22(20)28-7-3)23(25)24-14-13-17(4)18-11-9-8-10-12-18/h8-12,15-17H,5-7,13-14H2,1-4H3,(H,24,25). The molecule has 0 aromatic heterocycles. The Morgan fingerprint density at radius 2 is 1.50 bits per heavy atom. The number of benzene rings is 2. The first-order chi connectivity index (χ1) is 13.6. The molecule has 0 spiro atoms. The summed E-state index contributed by atoms with van der Waals surface area (Å²) < 4.78 is 17.1. The normalized spacial score (nSPS) is 11.6. The number of nitrogens with one attached hydrogen (secondary N) is 1. The Labute approximate surface area is 168 Å². The molecule has 2 rings (SSSR count). The molecule has 1 amide bonds. The maximum atomic E-state index is 12.7. The minimum absolute atomic E-state index is 0.148. The minimum atomic E-state index is -0.148. The molecule has 5 heteroatoms. The molecule has 0 saturated heterocycles. The predicted octanol–water partition coefficient (Wildman–Crippen LogP) is 4.81. The molecule has 1 atom stereocenters. The molecule has 0 radical (unpaired) electrons. The van der Waals surface area contributed by atoms with Gasteiger partial charge in [-0.1, -0.05) is 37.3 Å². The van der Waals surface area contributed by atoms with Crippen LogP contribution in [0, 0.1) is 0 Å². The van der Waals surface area contributed by atoms with Gasteiger partial charge in [0.2, 0.25) is 5.75 Å². The summed E-state index contributed by atoms with van der Waals surface area (Å²) in [5, 5.41) is 3.00. The minimum Gasteiger partial charge on any atom is -0.490 e. The van der Waals surface area contributed by atoms with Crippen molar-refractivity contribution in [2.24, 2.45) is 0 Å². The van der Waals surface area contributed by atoms with Crippen molar-refractivity contribution in [3.05, 3.63) is 53.6 Å². The zero-order chi connectivity index (χ0) is 20.4. The van der Waals surface area contributed by atoms with Crippen LogP contribution in [0.2, 0.25) is 0 Å². The molecule has 0 aliphatic heterocycles. The van der Waals surface area contributed by atoms with Gasteiger partial charge >= 0.3 is 0 Å². The molecular weight excluding hydrogens is 354 g/mol. The monoisotopic (exact) mass is 385 g/mol. The van der Waals surface area contributed by atoms with Crippen LogP contribution in [0.3, 0.4) is 0 Å². The van der Waals surface area contributed by atoms with Crippen LogP contribution in [0.5, 0.6) is 17.2 Å². The van der Waals surface area contributed by atoms with E-state index in [1.807, 2.05) is 39.0 Å². The van der Waals surface area contributed by atoms with Crippen molar-refractivity contribution in [3.8, 4) is 17.2 Å². The van der Waals surface area contributed by atoms with Crippen LogP contribution < -0.4 is 19.5 Å². The van der Waals surface area contributed by atoms with Gasteiger partial charge < -0.3 is 19.5 Å². The third-order valence-corrected chi connectivity index (χ3v) is 4.40. The molecule has 0 bridgehead atoms. The van der Waals surface area contributed by atoms with E-state index in [2.05, 4.69) is 24.4 Å². The SMILES string of the molecule is CCOc1cc(C(=O)NCCC(C)c2ccccc2)cc(OCC)c1OCC. The van der Waals surface area contributed by atoms with E-state index in [1.165, 1.54) is 5.56 Å². The smallest absolute Gasteiger partial charge is 0.251 e. The molecule has 0 aliphatic carbocycles. The fourth-order valence-corrected chi connectivity index (χ4v) is 2.97. The van der Waals surface area contributed by atoms with E-state index in [-0.39, 0.29) is 5.91 Å². The van der Waals surface area contributed by atoms with E-state index in [1.54, 1.807) is 12.1 Å². The lowest BCUT2D eigenvalue weighted by molar-refractivity contribution is 0.0951. The molecule has 5 nitrogen and oxygen atoms in total. The number of hydrogen-bond donors (Lipinski definition) is 1. The van der Waals surface area contributed by atoms with E-state index in [0.717, 1.165) is 6.42 Å². The van der Waals surface area contributed by atoms with Crippen molar-refractivity contribution in [3.63, 3.8) is 0 Å². The number of carbonyl (C=O) groups excluding carboxylic acids is 1. The van der Waals surface area contributed by atoms with Gasteiger partial charge in [-0.15, -0.1) is 0 Å². The van der Waals surface area contributed by atoms with Gasteiger partial charge in [0, 0.05) is 12.1 Å². The first-order valence-electron chi connectivity index (χ1n) is 10.00. The summed E-state index contributed by atoms with van der Waals surface area (Å²) in [7, 11) is 0. The van der Waals surface area contributed by atoms with E-state index in [9.17, 15) is 4.79 Å².